The van der Waals surface area contributed by atoms with Crippen molar-refractivity contribution in [1.29, 1.82) is 0 Å². The van der Waals surface area contributed by atoms with E-state index in [1.807, 2.05) is 0 Å². The van der Waals surface area contributed by atoms with Crippen LogP contribution in [0.3, 0.4) is 0 Å². The van der Waals surface area contributed by atoms with Crippen molar-refractivity contribution in [2.45, 2.75) is 84.3 Å². The molecular formula is C20H37NO2. The molecule has 3 heteroatoms. The van der Waals surface area contributed by atoms with Gasteiger partial charge >= 0.3 is 0 Å². The van der Waals surface area contributed by atoms with E-state index in [1.54, 1.807) is 0 Å². The molecule has 3 nitrogen and oxygen atoms in total. The highest BCUT2D eigenvalue weighted by Gasteiger charge is 2.61. The highest BCUT2D eigenvalue weighted by molar-refractivity contribution is 5.11. The lowest BCUT2D eigenvalue weighted by Crippen LogP contribution is -2.38. The van der Waals surface area contributed by atoms with Crippen LogP contribution in [0.4, 0.5) is 0 Å². The summed E-state index contributed by atoms with van der Waals surface area (Å²) in [5.74, 6) is 0.833. The first-order valence-electron chi connectivity index (χ1n) is 9.95. The molecule has 1 aliphatic heterocycles. The molecule has 1 heterocycles. The average molecular weight is 324 g/mol. The topological polar surface area (TPSA) is 32.7 Å². The molecule has 0 radical (unpaired) electrons. The second kappa shape index (κ2) is 7.01. The number of ether oxygens (including phenoxy) is 1. The molecule has 23 heavy (non-hydrogen) atoms. The molecule has 0 amide bonds. The van der Waals surface area contributed by atoms with Crippen molar-refractivity contribution in [3.63, 3.8) is 0 Å². The summed E-state index contributed by atoms with van der Waals surface area (Å²) in [6.45, 7) is 11.2. The van der Waals surface area contributed by atoms with Crippen molar-refractivity contribution in [2.24, 2.45) is 16.7 Å². The lowest BCUT2D eigenvalue weighted by Gasteiger charge is -2.39. The molecule has 134 valence electrons. The Balaban J connectivity index is 1.40. The Morgan fingerprint density at radius 3 is 2.39 bits per heavy atom. The fourth-order valence-electron chi connectivity index (χ4n) is 5.44. The van der Waals surface area contributed by atoms with E-state index in [2.05, 4.69) is 25.7 Å². The first-order chi connectivity index (χ1) is 10.9. The zero-order valence-corrected chi connectivity index (χ0v) is 15.5. The number of hydrogen-bond acceptors (Lipinski definition) is 3. The molecule has 0 unspecified atom stereocenters. The second-order valence-corrected chi connectivity index (χ2v) is 9.13. The van der Waals surface area contributed by atoms with Gasteiger partial charge < -0.3 is 14.7 Å². The van der Waals surface area contributed by atoms with E-state index in [1.165, 1.54) is 44.9 Å². The SMILES string of the molecule is CC1(C)[C@@H]2CC[C@@]1(C)[C@H](OCC[C@H](O)CN1CCCCCC1)C2. The predicted octanol–water partition coefficient (Wildman–Crippen LogP) is 3.84. The summed E-state index contributed by atoms with van der Waals surface area (Å²) in [5, 5.41) is 10.3. The lowest BCUT2D eigenvalue weighted by atomic mass is 9.70. The van der Waals surface area contributed by atoms with E-state index in [9.17, 15) is 5.11 Å². The number of β-amino-alcohol motifs (C(OH)–C–C–N with tert-alkyl or cyclic N) is 1. The second-order valence-electron chi connectivity index (χ2n) is 9.13. The van der Waals surface area contributed by atoms with Gasteiger partial charge in [0, 0.05) is 13.2 Å². The van der Waals surface area contributed by atoms with E-state index >= 15 is 0 Å². The van der Waals surface area contributed by atoms with Crippen molar-refractivity contribution < 1.29 is 9.84 Å². The van der Waals surface area contributed by atoms with Crippen LogP contribution < -0.4 is 0 Å². The third-order valence-corrected chi connectivity index (χ3v) is 7.65. The Hall–Kier alpha value is -0.120. The van der Waals surface area contributed by atoms with Crippen LogP contribution >= 0.6 is 0 Å². The summed E-state index contributed by atoms with van der Waals surface area (Å²) >= 11 is 0. The van der Waals surface area contributed by atoms with Gasteiger partial charge in [-0.1, -0.05) is 33.6 Å². The Morgan fingerprint density at radius 2 is 1.83 bits per heavy atom. The molecule has 0 aromatic heterocycles. The van der Waals surface area contributed by atoms with Gasteiger partial charge in [0.1, 0.15) is 0 Å². The van der Waals surface area contributed by atoms with Crippen LogP contribution in [0.5, 0.6) is 0 Å². The van der Waals surface area contributed by atoms with Crippen molar-refractivity contribution in [3.05, 3.63) is 0 Å². The lowest BCUT2D eigenvalue weighted by molar-refractivity contribution is -0.0563. The molecular weight excluding hydrogens is 286 g/mol. The molecule has 1 N–H and O–H groups in total. The molecule has 0 spiro atoms. The first kappa shape index (κ1) is 17.7. The van der Waals surface area contributed by atoms with Gasteiger partial charge in [-0.3, -0.25) is 0 Å². The number of fused-ring (bicyclic) bond motifs is 2. The molecule has 3 aliphatic rings. The minimum Gasteiger partial charge on any atom is -0.392 e. The zero-order valence-electron chi connectivity index (χ0n) is 15.5. The molecule has 2 bridgehead atoms. The van der Waals surface area contributed by atoms with Gasteiger partial charge in [-0.25, -0.2) is 0 Å². The van der Waals surface area contributed by atoms with E-state index in [0.29, 0.717) is 16.9 Å². The van der Waals surface area contributed by atoms with Crippen molar-refractivity contribution in [3.8, 4) is 0 Å². The fraction of sp³-hybridized carbons (Fsp3) is 1.00. The third kappa shape index (κ3) is 3.48. The molecule has 1 saturated heterocycles. The van der Waals surface area contributed by atoms with Crippen molar-refractivity contribution >= 4 is 0 Å². The van der Waals surface area contributed by atoms with Gasteiger partial charge in [-0.2, -0.15) is 0 Å². The maximum atomic E-state index is 10.3. The van der Waals surface area contributed by atoms with Gasteiger partial charge in [0.05, 0.1) is 12.2 Å². The minimum absolute atomic E-state index is 0.229. The van der Waals surface area contributed by atoms with Crippen LogP contribution in [-0.2, 0) is 4.74 Å². The third-order valence-electron chi connectivity index (χ3n) is 7.65. The van der Waals surface area contributed by atoms with Gasteiger partial charge in [-0.05, 0) is 68.4 Å². The zero-order chi connectivity index (χ0) is 16.5. The van der Waals surface area contributed by atoms with Crippen LogP contribution in [-0.4, -0.2) is 48.5 Å². The quantitative estimate of drug-likeness (QED) is 0.806. The first-order valence-corrected chi connectivity index (χ1v) is 9.95. The molecule has 2 aliphatic carbocycles. The number of aliphatic hydroxyl groups is 1. The largest absolute Gasteiger partial charge is 0.392 e. The standard InChI is InChI=1S/C20H37NO2/c1-19(2)16-8-10-20(19,3)18(14-16)23-13-9-17(22)15-21-11-6-4-5-7-12-21/h16-18,22H,4-15H2,1-3H3/t16-,17+,18-,20+/m1/s1. The summed E-state index contributed by atoms with van der Waals surface area (Å²) in [6.07, 6.45) is 10.2. The molecule has 3 fully saturated rings. The Kier molecular flexibility index (Phi) is 5.40. The molecule has 0 aromatic rings. The molecule has 0 aromatic carbocycles. The van der Waals surface area contributed by atoms with Gasteiger partial charge in [0.2, 0.25) is 0 Å². The van der Waals surface area contributed by atoms with E-state index < -0.39 is 0 Å². The van der Waals surface area contributed by atoms with E-state index in [0.717, 1.165) is 38.6 Å². The number of likely N-dealkylation sites (tertiary alicyclic amines) is 1. The predicted molar refractivity (Wildman–Crippen MR) is 94.5 cm³/mol. The maximum absolute atomic E-state index is 10.3. The molecule has 4 atom stereocenters. The highest BCUT2D eigenvalue weighted by atomic mass is 16.5. The number of rotatable bonds is 6. The van der Waals surface area contributed by atoms with Crippen LogP contribution in [0, 0.1) is 16.7 Å². The molecule has 3 rings (SSSR count). The molecule has 2 saturated carbocycles. The van der Waals surface area contributed by atoms with Crippen LogP contribution in [0.2, 0.25) is 0 Å². The van der Waals surface area contributed by atoms with Crippen molar-refractivity contribution in [1.82, 2.24) is 4.90 Å². The minimum atomic E-state index is -0.229. The number of hydrogen-bond donors (Lipinski definition) is 1. The van der Waals surface area contributed by atoms with Crippen LogP contribution in [0.1, 0.15) is 72.1 Å². The Bertz CT molecular complexity index is 389. The van der Waals surface area contributed by atoms with Gasteiger partial charge in [0.15, 0.2) is 0 Å². The Morgan fingerprint density at radius 1 is 1.13 bits per heavy atom. The van der Waals surface area contributed by atoms with Crippen molar-refractivity contribution in [2.75, 3.05) is 26.2 Å². The summed E-state index contributed by atoms with van der Waals surface area (Å²) < 4.78 is 6.28. The summed E-state index contributed by atoms with van der Waals surface area (Å²) in [5.41, 5.74) is 0.760. The van der Waals surface area contributed by atoms with E-state index in [4.69, 9.17) is 4.74 Å². The summed E-state index contributed by atoms with van der Waals surface area (Å²) in [4.78, 5) is 2.44. The van der Waals surface area contributed by atoms with Gasteiger partial charge in [0.25, 0.3) is 0 Å². The highest BCUT2D eigenvalue weighted by Crippen LogP contribution is 2.66. The van der Waals surface area contributed by atoms with Crippen LogP contribution in [0.25, 0.3) is 0 Å². The number of nitrogens with zero attached hydrogens (tertiary/aromatic N) is 1. The number of aliphatic hydroxyl groups excluding tert-OH is 1. The monoisotopic (exact) mass is 323 g/mol. The van der Waals surface area contributed by atoms with E-state index in [-0.39, 0.29) is 6.10 Å². The van der Waals surface area contributed by atoms with Crippen LogP contribution in [0.15, 0.2) is 0 Å². The normalized spacial score (nSPS) is 38.6. The maximum Gasteiger partial charge on any atom is 0.0689 e. The average Bonchev–Trinajstić information content (AvgIpc) is 2.75. The van der Waals surface area contributed by atoms with Gasteiger partial charge in [-0.15, -0.1) is 0 Å². The fourth-order valence-corrected chi connectivity index (χ4v) is 5.44. The summed E-state index contributed by atoms with van der Waals surface area (Å²) in [7, 11) is 0. The smallest absolute Gasteiger partial charge is 0.0689 e. The summed E-state index contributed by atoms with van der Waals surface area (Å²) in [6, 6.07) is 0. The Labute approximate surface area is 142 Å².